The van der Waals surface area contributed by atoms with Crippen LogP contribution in [0.2, 0.25) is 0 Å². The van der Waals surface area contributed by atoms with E-state index in [1.165, 1.54) is 0 Å². The van der Waals surface area contributed by atoms with Crippen molar-refractivity contribution in [2.45, 2.75) is 0 Å². The highest BCUT2D eigenvalue weighted by atomic mass is 16.5. The molecule has 0 saturated carbocycles. The molecule has 0 saturated heterocycles. The highest BCUT2D eigenvalue weighted by Gasteiger charge is 2.14. The number of benzene rings is 1. The molecule has 0 spiro atoms. The van der Waals surface area contributed by atoms with Crippen molar-refractivity contribution in [3.05, 3.63) is 23.8 Å². The number of hydrogen-bond acceptors (Lipinski definition) is 3. The van der Waals surface area contributed by atoms with Crippen LogP contribution < -0.4 is 15.4 Å². The van der Waals surface area contributed by atoms with Gasteiger partial charge in [-0.1, -0.05) is 0 Å². The van der Waals surface area contributed by atoms with Gasteiger partial charge < -0.3 is 15.4 Å². The fourth-order valence-corrected chi connectivity index (χ4v) is 1.46. The first-order valence-corrected chi connectivity index (χ1v) is 4.51. The molecule has 0 bridgehead atoms. The van der Waals surface area contributed by atoms with Gasteiger partial charge in [-0.15, -0.1) is 0 Å². The van der Waals surface area contributed by atoms with Crippen LogP contribution in [0, 0.1) is 0 Å². The van der Waals surface area contributed by atoms with Gasteiger partial charge in [0.25, 0.3) is 5.91 Å². The van der Waals surface area contributed by atoms with E-state index < -0.39 is 0 Å². The maximum atomic E-state index is 11.6. The molecule has 1 aliphatic heterocycles. The quantitative estimate of drug-likeness (QED) is 0.693. The third-order valence-corrected chi connectivity index (χ3v) is 2.20. The normalized spacial score (nSPS) is 14.8. The Morgan fingerprint density at radius 2 is 2.07 bits per heavy atom. The smallest absolute Gasteiger partial charge is 0.253 e. The van der Waals surface area contributed by atoms with Crippen LogP contribution in [-0.4, -0.2) is 26.1 Å². The molecule has 74 valence electrons. The monoisotopic (exact) mass is 192 g/mol. The standard InChI is InChI=1S/C10H12N2O2/c1-14-7-2-3-9-8(6-7)10(13)12-5-4-11-9/h2-3,6,11H,4-5H2,1H3,(H,12,13). The summed E-state index contributed by atoms with van der Waals surface area (Å²) in [7, 11) is 1.59. The average Bonchev–Trinajstić information content (AvgIpc) is 2.40. The first-order valence-electron chi connectivity index (χ1n) is 4.51. The van der Waals surface area contributed by atoms with Gasteiger partial charge in [-0.2, -0.15) is 0 Å². The maximum Gasteiger partial charge on any atom is 0.253 e. The molecule has 14 heavy (non-hydrogen) atoms. The van der Waals surface area contributed by atoms with Gasteiger partial charge in [-0.25, -0.2) is 0 Å². The second kappa shape index (κ2) is 3.57. The Bertz CT molecular complexity index is 363. The molecular weight excluding hydrogens is 180 g/mol. The van der Waals surface area contributed by atoms with Crippen LogP contribution in [0.15, 0.2) is 18.2 Å². The number of amides is 1. The van der Waals surface area contributed by atoms with Gasteiger partial charge >= 0.3 is 0 Å². The molecule has 1 amide bonds. The van der Waals surface area contributed by atoms with Crippen LogP contribution in [0.3, 0.4) is 0 Å². The molecule has 1 aliphatic rings. The molecule has 0 unspecified atom stereocenters. The third-order valence-electron chi connectivity index (χ3n) is 2.20. The molecule has 0 aromatic heterocycles. The fraction of sp³-hybridized carbons (Fsp3) is 0.300. The predicted molar refractivity (Wildman–Crippen MR) is 53.8 cm³/mol. The Morgan fingerprint density at radius 1 is 1.29 bits per heavy atom. The van der Waals surface area contributed by atoms with Crippen molar-refractivity contribution >= 4 is 11.6 Å². The molecular formula is C10H12N2O2. The number of carbonyl (C=O) groups excluding carboxylic acids is 1. The van der Waals surface area contributed by atoms with E-state index in [2.05, 4.69) is 10.6 Å². The Balaban J connectivity index is 2.44. The lowest BCUT2D eigenvalue weighted by Crippen LogP contribution is -2.24. The summed E-state index contributed by atoms with van der Waals surface area (Å²) in [6.07, 6.45) is 0. The second-order valence-electron chi connectivity index (χ2n) is 3.09. The zero-order valence-corrected chi connectivity index (χ0v) is 7.96. The third kappa shape index (κ3) is 1.51. The van der Waals surface area contributed by atoms with E-state index in [-0.39, 0.29) is 5.91 Å². The topological polar surface area (TPSA) is 50.4 Å². The van der Waals surface area contributed by atoms with Crippen molar-refractivity contribution in [2.24, 2.45) is 0 Å². The highest BCUT2D eigenvalue weighted by molar-refractivity contribution is 6.00. The lowest BCUT2D eigenvalue weighted by atomic mass is 10.1. The molecule has 4 heteroatoms. The molecule has 0 radical (unpaired) electrons. The predicted octanol–water partition coefficient (Wildman–Crippen LogP) is 0.850. The fourth-order valence-electron chi connectivity index (χ4n) is 1.46. The SMILES string of the molecule is COc1ccc2c(c1)C(=O)NCCN2. The summed E-state index contributed by atoms with van der Waals surface area (Å²) in [5.74, 6) is 0.645. The first kappa shape index (κ1) is 8.87. The Hall–Kier alpha value is -1.71. The lowest BCUT2D eigenvalue weighted by molar-refractivity contribution is 0.0957. The van der Waals surface area contributed by atoms with Crippen LogP contribution in [0.5, 0.6) is 5.75 Å². The van der Waals surface area contributed by atoms with Gasteiger partial charge in [0.05, 0.1) is 12.7 Å². The minimum atomic E-state index is -0.0519. The summed E-state index contributed by atoms with van der Waals surface area (Å²) in [5.41, 5.74) is 1.50. The summed E-state index contributed by atoms with van der Waals surface area (Å²) < 4.78 is 5.06. The molecule has 2 N–H and O–H groups in total. The van der Waals surface area contributed by atoms with E-state index >= 15 is 0 Å². The summed E-state index contributed by atoms with van der Waals surface area (Å²) in [4.78, 5) is 11.6. The summed E-state index contributed by atoms with van der Waals surface area (Å²) >= 11 is 0. The van der Waals surface area contributed by atoms with Crippen molar-refractivity contribution in [2.75, 3.05) is 25.5 Å². The largest absolute Gasteiger partial charge is 0.497 e. The first-order chi connectivity index (χ1) is 6.81. The zero-order valence-electron chi connectivity index (χ0n) is 7.96. The number of fused-ring (bicyclic) bond motifs is 1. The van der Waals surface area contributed by atoms with Crippen molar-refractivity contribution in [1.82, 2.24) is 5.32 Å². The van der Waals surface area contributed by atoms with Gasteiger partial charge in [-0.05, 0) is 18.2 Å². The van der Waals surface area contributed by atoms with Gasteiger partial charge in [0, 0.05) is 18.8 Å². The zero-order chi connectivity index (χ0) is 9.97. The number of carbonyl (C=O) groups is 1. The van der Waals surface area contributed by atoms with Gasteiger partial charge in [0.2, 0.25) is 0 Å². The molecule has 1 aromatic carbocycles. The maximum absolute atomic E-state index is 11.6. The Kier molecular flexibility index (Phi) is 2.26. The molecule has 0 aliphatic carbocycles. The van der Waals surface area contributed by atoms with Crippen LogP contribution in [0.25, 0.3) is 0 Å². The van der Waals surface area contributed by atoms with Crippen LogP contribution >= 0.6 is 0 Å². The van der Waals surface area contributed by atoms with Gasteiger partial charge in [0.1, 0.15) is 5.75 Å². The van der Waals surface area contributed by atoms with Crippen LogP contribution in [0.1, 0.15) is 10.4 Å². The summed E-state index contributed by atoms with van der Waals surface area (Å²) in [6, 6.07) is 5.44. The molecule has 0 atom stereocenters. The van der Waals surface area contributed by atoms with Crippen LogP contribution in [0.4, 0.5) is 5.69 Å². The van der Waals surface area contributed by atoms with Gasteiger partial charge in [0.15, 0.2) is 0 Å². The van der Waals surface area contributed by atoms with E-state index in [0.29, 0.717) is 17.9 Å². The summed E-state index contributed by atoms with van der Waals surface area (Å²) in [5, 5.41) is 5.96. The second-order valence-corrected chi connectivity index (χ2v) is 3.09. The molecule has 1 aromatic rings. The van der Waals surface area contributed by atoms with Crippen LogP contribution in [-0.2, 0) is 0 Å². The number of anilines is 1. The minimum absolute atomic E-state index is 0.0519. The van der Waals surface area contributed by atoms with E-state index in [1.807, 2.05) is 12.1 Å². The van der Waals surface area contributed by atoms with E-state index in [9.17, 15) is 4.79 Å². The molecule has 2 rings (SSSR count). The Labute approximate surface area is 82.3 Å². The number of ether oxygens (including phenoxy) is 1. The Morgan fingerprint density at radius 3 is 2.86 bits per heavy atom. The minimum Gasteiger partial charge on any atom is -0.497 e. The van der Waals surface area contributed by atoms with E-state index in [1.54, 1.807) is 13.2 Å². The van der Waals surface area contributed by atoms with Crippen molar-refractivity contribution < 1.29 is 9.53 Å². The van der Waals surface area contributed by atoms with Crippen molar-refractivity contribution in [3.63, 3.8) is 0 Å². The summed E-state index contributed by atoms with van der Waals surface area (Å²) in [6.45, 7) is 1.40. The van der Waals surface area contributed by atoms with E-state index in [0.717, 1.165) is 12.2 Å². The lowest BCUT2D eigenvalue weighted by Gasteiger charge is -2.07. The van der Waals surface area contributed by atoms with Crippen molar-refractivity contribution in [1.29, 1.82) is 0 Å². The number of methoxy groups -OCH3 is 1. The molecule has 1 heterocycles. The molecule has 0 fully saturated rings. The van der Waals surface area contributed by atoms with Crippen molar-refractivity contribution in [3.8, 4) is 5.75 Å². The number of nitrogens with one attached hydrogen (secondary N) is 2. The number of hydrogen-bond donors (Lipinski definition) is 2. The number of rotatable bonds is 1. The van der Waals surface area contributed by atoms with E-state index in [4.69, 9.17) is 4.74 Å². The van der Waals surface area contributed by atoms with Gasteiger partial charge in [-0.3, -0.25) is 4.79 Å². The highest BCUT2D eigenvalue weighted by Crippen LogP contribution is 2.22. The average molecular weight is 192 g/mol. The molecule has 4 nitrogen and oxygen atoms in total.